The molecule has 4 heteroatoms. The zero-order chi connectivity index (χ0) is 13.2. The molecule has 0 fully saturated rings. The predicted molar refractivity (Wildman–Crippen MR) is 63.9 cm³/mol. The van der Waals surface area contributed by atoms with Crippen molar-refractivity contribution in [2.75, 3.05) is 0 Å². The maximum absolute atomic E-state index is 12.6. The van der Waals surface area contributed by atoms with E-state index in [1.165, 1.54) is 6.07 Å². The summed E-state index contributed by atoms with van der Waals surface area (Å²) >= 11 is 0. The maximum atomic E-state index is 12.6. The van der Waals surface area contributed by atoms with Gasteiger partial charge < -0.3 is 5.11 Å². The fraction of sp³-hybridized carbons (Fsp3) is 0.429. The Morgan fingerprint density at radius 2 is 1.94 bits per heavy atom. The lowest BCUT2D eigenvalue weighted by atomic mass is 9.99. The Hall–Kier alpha value is -1.29. The van der Waals surface area contributed by atoms with Crippen molar-refractivity contribution in [2.45, 2.75) is 38.0 Å². The molecule has 0 radical (unpaired) electrons. The number of hydrogen-bond acceptors (Lipinski definition) is 1. The van der Waals surface area contributed by atoms with E-state index in [1.54, 1.807) is 12.1 Å². The standard InChI is InChI=1S/C14H15F3O/c15-14(16,17)12-6-3-5-10(8-12)11-4-1-2-7-13(18)9-11/h3,5-6,8-9,13,18H,1-2,4,7H2. The van der Waals surface area contributed by atoms with Crippen LogP contribution in [-0.2, 0) is 6.18 Å². The van der Waals surface area contributed by atoms with Gasteiger partial charge in [0.15, 0.2) is 0 Å². The summed E-state index contributed by atoms with van der Waals surface area (Å²) in [7, 11) is 0. The average molecular weight is 256 g/mol. The molecule has 1 unspecified atom stereocenters. The van der Waals surface area contributed by atoms with Crippen LogP contribution in [0.1, 0.15) is 36.8 Å². The smallest absolute Gasteiger partial charge is 0.389 e. The fourth-order valence-corrected chi connectivity index (χ4v) is 2.20. The number of aliphatic hydroxyl groups excluding tert-OH is 1. The van der Waals surface area contributed by atoms with Gasteiger partial charge in [-0.1, -0.05) is 24.6 Å². The van der Waals surface area contributed by atoms with E-state index in [0.29, 0.717) is 12.0 Å². The number of rotatable bonds is 1. The molecule has 98 valence electrons. The Morgan fingerprint density at radius 1 is 1.17 bits per heavy atom. The first-order valence-electron chi connectivity index (χ1n) is 6.03. The average Bonchev–Trinajstić information content (AvgIpc) is 2.53. The third-order valence-corrected chi connectivity index (χ3v) is 3.15. The third-order valence-electron chi connectivity index (χ3n) is 3.15. The van der Waals surface area contributed by atoms with Gasteiger partial charge in [0, 0.05) is 0 Å². The minimum atomic E-state index is -4.32. The van der Waals surface area contributed by atoms with Crippen LogP contribution in [-0.4, -0.2) is 11.2 Å². The summed E-state index contributed by atoms with van der Waals surface area (Å²) < 4.78 is 37.9. The van der Waals surface area contributed by atoms with E-state index in [-0.39, 0.29) is 0 Å². The fourth-order valence-electron chi connectivity index (χ4n) is 2.20. The van der Waals surface area contributed by atoms with Crippen molar-refractivity contribution in [3.8, 4) is 0 Å². The first-order chi connectivity index (χ1) is 8.47. The molecule has 0 amide bonds. The van der Waals surface area contributed by atoms with Gasteiger partial charge in [-0.25, -0.2) is 0 Å². The number of hydrogen-bond donors (Lipinski definition) is 1. The van der Waals surface area contributed by atoms with E-state index in [4.69, 9.17) is 0 Å². The van der Waals surface area contributed by atoms with Crippen LogP contribution in [0.15, 0.2) is 30.3 Å². The lowest BCUT2D eigenvalue weighted by Gasteiger charge is -2.11. The van der Waals surface area contributed by atoms with Gasteiger partial charge in [-0.15, -0.1) is 0 Å². The number of halogens is 3. The van der Waals surface area contributed by atoms with Crippen molar-refractivity contribution in [1.82, 2.24) is 0 Å². The van der Waals surface area contributed by atoms with Crippen molar-refractivity contribution >= 4 is 5.57 Å². The van der Waals surface area contributed by atoms with Gasteiger partial charge in [0.2, 0.25) is 0 Å². The van der Waals surface area contributed by atoms with Gasteiger partial charge in [-0.3, -0.25) is 0 Å². The molecule has 1 N–H and O–H groups in total. The monoisotopic (exact) mass is 256 g/mol. The molecule has 0 bridgehead atoms. The quantitative estimate of drug-likeness (QED) is 0.804. The van der Waals surface area contributed by atoms with E-state index in [0.717, 1.165) is 37.0 Å². The van der Waals surface area contributed by atoms with Gasteiger partial charge in [0.05, 0.1) is 11.7 Å². The Labute approximate surface area is 104 Å². The van der Waals surface area contributed by atoms with Gasteiger partial charge in [0.25, 0.3) is 0 Å². The molecule has 2 rings (SSSR count). The summed E-state index contributed by atoms with van der Waals surface area (Å²) in [6, 6.07) is 5.30. The molecule has 0 saturated heterocycles. The van der Waals surface area contributed by atoms with E-state index < -0.39 is 17.8 Å². The highest BCUT2D eigenvalue weighted by molar-refractivity contribution is 5.67. The molecule has 1 aromatic carbocycles. The van der Waals surface area contributed by atoms with Crippen molar-refractivity contribution in [2.24, 2.45) is 0 Å². The van der Waals surface area contributed by atoms with Crippen LogP contribution < -0.4 is 0 Å². The minimum Gasteiger partial charge on any atom is -0.389 e. The van der Waals surface area contributed by atoms with Crippen molar-refractivity contribution < 1.29 is 18.3 Å². The molecule has 0 saturated carbocycles. The van der Waals surface area contributed by atoms with Crippen LogP contribution >= 0.6 is 0 Å². The Bertz CT molecular complexity index is 449. The SMILES string of the molecule is OC1C=C(c2cccc(C(F)(F)F)c2)CCCC1. The molecule has 18 heavy (non-hydrogen) atoms. The number of allylic oxidation sites excluding steroid dienone is 1. The molecule has 1 aliphatic rings. The van der Waals surface area contributed by atoms with E-state index in [9.17, 15) is 18.3 Å². The van der Waals surface area contributed by atoms with Gasteiger partial charge >= 0.3 is 6.18 Å². The Balaban J connectivity index is 2.33. The van der Waals surface area contributed by atoms with Crippen LogP contribution in [0.4, 0.5) is 13.2 Å². The molecule has 0 aromatic heterocycles. The van der Waals surface area contributed by atoms with Gasteiger partial charge in [-0.05, 0) is 42.5 Å². The summed E-state index contributed by atoms with van der Waals surface area (Å²) in [5, 5.41) is 9.65. The first-order valence-corrected chi connectivity index (χ1v) is 6.03. The lowest BCUT2D eigenvalue weighted by Crippen LogP contribution is -2.05. The molecule has 0 spiro atoms. The second-order valence-electron chi connectivity index (χ2n) is 4.58. The molecule has 1 aliphatic carbocycles. The van der Waals surface area contributed by atoms with Crippen LogP contribution in [0, 0.1) is 0 Å². The highest BCUT2D eigenvalue weighted by Gasteiger charge is 2.30. The lowest BCUT2D eigenvalue weighted by molar-refractivity contribution is -0.137. The number of alkyl halides is 3. The predicted octanol–water partition coefficient (Wildman–Crippen LogP) is 4.02. The zero-order valence-electron chi connectivity index (χ0n) is 9.87. The number of benzene rings is 1. The molecular weight excluding hydrogens is 241 g/mol. The summed E-state index contributed by atoms with van der Waals surface area (Å²) in [5.41, 5.74) is 0.733. The second-order valence-corrected chi connectivity index (χ2v) is 4.58. The van der Waals surface area contributed by atoms with Gasteiger partial charge in [-0.2, -0.15) is 13.2 Å². The summed E-state index contributed by atoms with van der Waals surface area (Å²) in [6.07, 6.45) is 0.0275. The third kappa shape index (κ3) is 3.13. The highest BCUT2D eigenvalue weighted by Crippen LogP contribution is 2.33. The molecule has 0 aliphatic heterocycles. The second kappa shape index (κ2) is 5.14. The van der Waals surface area contributed by atoms with Crippen molar-refractivity contribution in [3.05, 3.63) is 41.5 Å². The first kappa shape index (κ1) is 13.1. The van der Waals surface area contributed by atoms with Gasteiger partial charge in [0.1, 0.15) is 0 Å². The van der Waals surface area contributed by atoms with Crippen LogP contribution in [0.25, 0.3) is 5.57 Å². The molecule has 1 atom stereocenters. The van der Waals surface area contributed by atoms with Crippen molar-refractivity contribution in [1.29, 1.82) is 0 Å². The highest BCUT2D eigenvalue weighted by atomic mass is 19.4. The maximum Gasteiger partial charge on any atom is 0.416 e. The summed E-state index contributed by atoms with van der Waals surface area (Å²) in [5.74, 6) is 0. The van der Waals surface area contributed by atoms with Crippen molar-refractivity contribution in [3.63, 3.8) is 0 Å². The largest absolute Gasteiger partial charge is 0.416 e. The Morgan fingerprint density at radius 3 is 2.67 bits per heavy atom. The topological polar surface area (TPSA) is 20.2 Å². The van der Waals surface area contributed by atoms with Crippen LogP contribution in [0.2, 0.25) is 0 Å². The normalized spacial score (nSPS) is 21.3. The van der Waals surface area contributed by atoms with E-state index in [1.807, 2.05) is 0 Å². The minimum absolute atomic E-state index is 0.544. The molecule has 1 aromatic rings. The number of aliphatic hydroxyl groups is 1. The zero-order valence-corrected chi connectivity index (χ0v) is 9.87. The van der Waals surface area contributed by atoms with Crippen LogP contribution in [0.3, 0.4) is 0 Å². The van der Waals surface area contributed by atoms with E-state index in [2.05, 4.69) is 0 Å². The Kier molecular flexibility index (Phi) is 3.76. The molecule has 0 heterocycles. The molecular formula is C14H15F3O. The molecule has 1 nitrogen and oxygen atoms in total. The van der Waals surface area contributed by atoms with E-state index >= 15 is 0 Å². The summed E-state index contributed by atoms with van der Waals surface area (Å²) in [4.78, 5) is 0. The summed E-state index contributed by atoms with van der Waals surface area (Å²) in [6.45, 7) is 0. The van der Waals surface area contributed by atoms with Crippen LogP contribution in [0.5, 0.6) is 0 Å².